The van der Waals surface area contributed by atoms with Gasteiger partial charge in [-0.2, -0.15) is 0 Å². The molecule has 2 aromatic heterocycles. The van der Waals surface area contributed by atoms with Crippen LogP contribution in [-0.4, -0.2) is 66.3 Å². The molecule has 2 aliphatic carbocycles. The molecule has 3 heterocycles. The first kappa shape index (κ1) is 42.3. The zero-order valence-corrected chi connectivity index (χ0v) is 36.4. The number of aromatic amines is 1. The van der Waals surface area contributed by atoms with Gasteiger partial charge in [-0.25, -0.2) is 0 Å². The van der Waals surface area contributed by atoms with Crippen LogP contribution in [0.5, 0.6) is 23.0 Å². The van der Waals surface area contributed by atoms with Crippen molar-refractivity contribution in [2.45, 2.75) is 82.7 Å². The van der Waals surface area contributed by atoms with Crippen molar-refractivity contribution in [2.75, 3.05) is 44.8 Å². The quantitative estimate of drug-likeness (QED) is 0.0725. The van der Waals surface area contributed by atoms with Crippen molar-refractivity contribution in [3.8, 4) is 45.4 Å². The first-order valence-corrected chi connectivity index (χ1v) is 22.7. The molecule has 0 unspecified atom stereocenters. The maximum atomic E-state index is 14.2. The van der Waals surface area contributed by atoms with Gasteiger partial charge < -0.3 is 44.4 Å². The molecule has 5 N–H and O–H groups in total. The molecule has 0 radical (unpaired) electrons. The van der Waals surface area contributed by atoms with E-state index in [1.807, 2.05) is 36.4 Å². The summed E-state index contributed by atoms with van der Waals surface area (Å²) in [7, 11) is 1.44. The summed E-state index contributed by atoms with van der Waals surface area (Å²) in [4.78, 5) is 20.7. The number of aromatic hydroxyl groups is 2. The number of methoxy groups -OCH3 is 1. The van der Waals surface area contributed by atoms with E-state index in [1.165, 1.54) is 87.3 Å². The number of phenolic OH excluding ortho intramolecular Hbond substituents is 2. The fourth-order valence-electron chi connectivity index (χ4n) is 10.7. The number of rotatable bonds is 14. The number of aliphatic hydroxyl groups is 1. The molecule has 1 aliphatic heterocycles. The minimum absolute atomic E-state index is 0.0335. The molecule has 3 aliphatic rings. The normalized spacial score (nSPS) is 19.1. The summed E-state index contributed by atoms with van der Waals surface area (Å²) in [6.07, 6.45) is 12.9. The topological polar surface area (TPSA) is 140 Å². The van der Waals surface area contributed by atoms with Gasteiger partial charge in [0.1, 0.15) is 28.3 Å². The van der Waals surface area contributed by atoms with E-state index in [1.54, 1.807) is 18.2 Å². The molecular formula is C53H59N3O7. The zero-order chi connectivity index (χ0) is 43.6. The maximum Gasteiger partial charge on any atom is 0.204 e. The number of nitrogens with one attached hydrogen (secondary N) is 2. The summed E-state index contributed by atoms with van der Waals surface area (Å²) in [5.74, 6) is 1.48. The minimum atomic E-state index is -0.816. The van der Waals surface area contributed by atoms with Crippen molar-refractivity contribution < 1.29 is 29.2 Å². The maximum absolute atomic E-state index is 14.2. The molecule has 4 aromatic carbocycles. The highest BCUT2D eigenvalue weighted by Crippen LogP contribution is 2.62. The molecule has 2 saturated carbocycles. The largest absolute Gasteiger partial charge is 0.508 e. The number of aliphatic hydroxyl groups excluding tert-OH is 1. The van der Waals surface area contributed by atoms with Crippen LogP contribution in [0.2, 0.25) is 0 Å². The van der Waals surface area contributed by atoms with Gasteiger partial charge in [0.05, 0.1) is 19.8 Å². The highest BCUT2D eigenvalue weighted by atomic mass is 16.5. The van der Waals surface area contributed by atoms with Crippen molar-refractivity contribution in [1.82, 2.24) is 10.3 Å². The Hall–Kier alpha value is -5.97. The second-order valence-corrected chi connectivity index (χ2v) is 17.9. The molecule has 3 fully saturated rings. The molecule has 10 heteroatoms. The van der Waals surface area contributed by atoms with Crippen molar-refractivity contribution in [1.29, 1.82) is 0 Å². The molecule has 328 valence electrons. The Kier molecular flexibility index (Phi) is 12.1. The number of phenols is 2. The third-order valence-corrected chi connectivity index (χ3v) is 14.3. The second-order valence-electron chi connectivity index (χ2n) is 17.9. The van der Waals surface area contributed by atoms with E-state index in [0.717, 1.165) is 42.9 Å². The van der Waals surface area contributed by atoms with Crippen LogP contribution >= 0.6 is 0 Å². The van der Waals surface area contributed by atoms with Crippen molar-refractivity contribution in [3.63, 3.8) is 0 Å². The molecule has 0 amide bonds. The Morgan fingerprint density at radius 1 is 0.857 bits per heavy atom. The average molecular weight is 850 g/mol. The number of H-pyrrole nitrogens is 1. The highest BCUT2D eigenvalue weighted by molar-refractivity contribution is 5.93. The monoisotopic (exact) mass is 849 g/mol. The predicted molar refractivity (Wildman–Crippen MR) is 250 cm³/mol. The lowest BCUT2D eigenvalue weighted by Gasteiger charge is -2.41. The Bertz CT molecular complexity index is 2630. The van der Waals surface area contributed by atoms with E-state index < -0.39 is 6.10 Å². The third-order valence-electron chi connectivity index (χ3n) is 14.3. The van der Waals surface area contributed by atoms with Gasteiger partial charge in [-0.15, -0.1) is 0 Å². The Morgan fingerprint density at radius 2 is 1.62 bits per heavy atom. The number of anilines is 1. The molecule has 9 rings (SSSR count). The molecule has 1 spiro atoms. The predicted octanol–water partition coefficient (Wildman–Crippen LogP) is 9.91. The molecule has 10 nitrogen and oxygen atoms in total. The number of hydrogen-bond acceptors (Lipinski definition) is 9. The summed E-state index contributed by atoms with van der Waals surface area (Å²) in [6.45, 7) is 6.31. The molecule has 2 atom stereocenters. The summed E-state index contributed by atoms with van der Waals surface area (Å²) in [6, 6.07) is 28.6. The van der Waals surface area contributed by atoms with E-state index in [0.29, 0.717) is 29.4 Å². The summed E-state index contributed by atoms with van der Waals surface area (Å²) >= 11 is 0. The van der Waals surface area contributed by atoms with Gasteiger partial charge >= 0.3 is 0 Å². The van der Waals surface area contributed by atoms with E-state index in [-0.39, 0.29) is 63.6 Å². The standard InChI is InChI=1S/C53H59N3O7/c1-52(23-9-26-53(52)24-6-7-25-53)45-33-42(51(55-45)56-29-27-54-28-30-56)38-13-8-12-36(32-38)15-21-41-47(60)50(61-2)49(62-31-22-40(58)18-14-35-10-4-3-5-11-35)46-43(59)34-44(63-48(41)46)37-16-19-39(57)20-17-37/h3-5,8,10-14,16-20,32-34,40,54-55,57-58,60H,6-7,9,15,21-31H2,1-2H3/b18-14+/t40-,52+/m0/s1. The lowest BCUT2D eigenvalue weighted by Crippen LogP contribution is -2.44. The average Bonchev–Trinajstić information content (AvgIpc) is 4.06. The van der Waals surface area contributed by atoms with Crippen LogP contribution in [-0.2, 0) is 18.3 Å². The van der Waals surface area contributed by atoms with Crippen molar-refractivity contribution >= 4 is 22.9 Å². The van der Waals surface area contributed by atoms with Crippen molar-refractivity contribution in [2.24, 2.45) is 5.41 Å². The van der Waals surface area contributed by atoms with E-state index >= 15 is 0 Å². The molecule has 0 bridgehead atoms. The Morgan fingerprint density at radius 3 is 2.38 bits per heavy atom. The number of fused-ring (bicyclic) bond motifs is 1. The third kappa shape index (κ3) is 8.34. The molecule has 6 aromatic rings. The van der Waals surface area contributed by atoms with Gasteiger partial charge in [0, 0.05) is 66.5 Å². The number of aryl methyl sites for hydroxylation is 2. The van der Waals surface area contributed by atoms with Gasteiger partial charge in [0.2, 0.25) is 5.75 Å². The number of nitrogens with zero attached hydrogens (tertiary/aromatic N) is 1. The minimum Gasteiger partial charge on any atom is -0.508 e. The van der Waals surface area contributed by atoms with Gasteiger partial charge in [0.25, 0.3) is 0 Å². The Labute approximate surface area is 369 Å². The van der Waals surface area contributed by atoms with Gasteiger partial charge in [0.15, 0.2) is 16.9 Å². The van der Waals surface area contributed by atoms with Crippen molar-refractivity contribution in [3.05, 3.63) is 130 Å². The molecule has 1 saturated heterocycles. The SMILES string of the molecule is COc1c(O)c(CCc2cccc(-c3cc([C@@]4(C)CCCC45CCCC5)[nH]c3N3CCNCC3)c2)c2oc(-c3ccc(O)cc3)cc(=O)c2c1OCC[C@@H](O)/C=C/c1ccccc1. The van der Waals surface area contributed by atoms with Crippen LogP contribution < -0.4 is 25.1 Å². The number of ether oxygens (including phenoxy) is 2. The Balaban J connectivity index is 1.05. The summed E-state index contributed by atoms with van der Waals surface area (Å²) in [5.41, 5.74) is 7.06. The van der Waals surface area contributed by atoms with Crippen LogP contribution in [0.1, 0.15) is 80.7 Å². The molecule has 63 heavy (non-hydrogen) atoms. The van der Waals surface area contributed by atoms with E-state index in [2.05, 4.69) is 52.5 Å². The van der Waals surface area contributed by atoms with Gasteiger partial charge in [-0.3, -0.25) is 4.79 Å². The molecular weight excluding hydrogens is 791 g/mol. The van der Waals surface area contributed by atoms with Gasteiger partial charge in [-0.1, -0.05) is 92.9 Å². The van der Waals surface area contributed by atoms with E-state index in [4.69, 9.17) is 13.9 Å². The van der Waals surface area contributed by atoms with Crippen LogP contribution in [0.25, 0.3) is 39.5 Å². The highest BCUT2D eigenvalue weighted by Gasteiger charge is 2.54. The van der Waals surface area contributed by atoms with Crippen LogP contribution in [0.3, 0.4) is 0 Å². The smallest absolute Gasteiger partial charge is 0.204 e. The number of benzene rings is 4. The zero-order valence-electron chi connectivity index (χ0n) is 36.4. The first-order valence-electron chi connectivity index (χ1n) is 22.7. The second kappa shape index (κ2) is 18.0. The van der Waals surface area contributed by atoms with Crippen LogP contribution in [0, 0.1) is 5.41 Å². The number of aromatic nitrogens is 1. The lowest BCUT2D eigenvalue weighted by molar-refractivity contribution is 0.173. The lowest BCUT2D eigenvalue weighted by atomic mass is 9.64. The number of piperazine rings is 1. The van der Waals surface area contributed by atoms with E-state index in [9.17, 15) is 20.1 Å². The fraction of sp³-hybridized carbons (Fsp3) is 0.377. The number of hydrogen-bond donors (Lipinski definition) is 5. The van der Waals surface area contributed by atoms with Crippen LogP contribution in [0.4, 0.5) is 5.82 Å². The van der Waals surface area contributed by atoms with Gasteiger partial charge in [-0.05, 0) is 91.0 Å². The first-order chi connectivity index (χ1) is 30.7. The summed E-state index contributed by atoms with van der Waals surface area (Å²) < 4.78 is 18.6. The fourth-order valence-corrected chi connectivity index (χ4v) is 10.7. The van der Waals surface area contributed by atoms with Crippen LogP contribution in [0.15, 0.2) is 106 Å². The summed E-state index contributed by atoms with van der Waals surface area (Å²) in [5, 5.41) is 36.4.